The van der Waals surface area contributed by atoms with Gasteiger partial charge in [0, 0.05) is 24.0 Å². The molecular formula is C20H24N2O2. The lowest BCUT2D eigenvalue weighted by atomic mass is 10.0. The van der Waals surface area contributed by atoms with Gasteiger partial charge in [0.15, 0.2) is 6.61 Å². The van der Waals surface area contributed by atoms with Crippen LogP contribution in [0.5, 0.6) is 5.75 Å². The molecule has 0 radical (unpaired) electrons. The summed E-state index contributed by atoms with van der Waals surface area (Å²) in [6.07, 6.45) is 3.81. The van der Waals surface area contributed by atoms with Crippen molar-refractivity contribution < 1.29 is 9.53 Å². The minimum atomic E-state index is -0.155. The zero-order chi connectivity index (χ0) is 16.8. The minimum absolute atomic E-state index is 0.00885. The van der Waals surface area contributed by atoms with E-state index in [1.807, 2.05) is 42.5 Å². The molecule has 24 heavy (non-hydrogen) atoms. The molecule has 1 N–H and O–H groups in total. The highest BCUT2D eigenvalue weighted by Crippen LogP contribution is 2.25. The number of para-hydroxylation sites is 1. The van der Waals surface area contributed by atoms with Crippen LogP contribution < -0.4 is 15.0 Å². The lowest BCUT2D eigenvalue weighted by molar-refractivity contribution is -0.118. The number of carbonyl (C=O) groups is 1. The number of nitrogens with zero attached hydrogens (tertiary/aromatic N) is 1. The summed E-state index contributed by atoms with van der Waals surface area (Å²) in [6.45, 7) is 3.39. The quantitative estimate of drug-likeness (QED) is 0.901. The van der Waals surface area contributed by atoms with Gasteiger partial charge in [0.25, 0.3) is 5.91 Å². The van der Waals surface area contributed by atoms with E-state index in [2.05, 4.69) is 29.3 Å². The average Bonchev–Trinajstić information content (AvgIpc) is 2.62. The van der Waals surface area contributed by atoms with E-state index in [0.29, 0.717) is 11.8 Å². The van der Waals surface area contributed by atoms with E-state index >= 15 is 0 Å². The van der Waals surface area contributed by atoms with E-state index in [9.17, 15) is 4.79 Å². The first-order chi connectivity index (χ1) is 11.7. The summed E-state index contributed by atoms with van der Waals surface area (Å²) in [5.74, 6) is 0.542. The van der Waals surface area contributed by atoms with Gasteiger partial charge in [0.2, 0.25) is 0 Å². The molecule has 1 atom stereocenters. The lowest BCUT2D eigenvalue weighted by Gasteiger charge is -2.35. The third-order valence-corrected chi connectivity index (χ3v) is 4.40. The molecule has 0 bridgehead atoms. The van der Waals surface area contributed by atoms with E-state index in [4.69, 9.17) is 4.74 Å². The van der Waals surface area contributed by atoms with Gasteiger partial charge in [-0.25, -0.2) is 0 Å². The zero-order valence-corrected chi connectivity index (χ0v) is 14.1. The number of ether oxygens (including phenoxy) is 1. The number of amides is 1. The average molecular weight is 324 g/mol. The molecule has 1 aliphatic heterocycles. The van der Waals surface area contributed by atoms with Crippen LogP contribution in [0.1, 0.15) is 26.2 Å². The highest BCUT2D eigenvalue weighted by atomic mass is 16.5. The monoisotopic (exact) mass is 324 g/mol. The molecule has 2 aromatic rings. The highest BCUT2D eigenvalue weighted by molar-refractivity contribution is 5.92. The maximum atomic E-state index is 12.0. The predicted molar refractivity (Wildman–Crippen MR) is 97.7 cm³/mol. The van der Waals surface area contributed by atoms with Crippen molar-refractivity contribution in [3.63, 3.8) is 0 Å². The van der Waals surface area contributed by atoms with E-state index in [1.165, 1.54) is 24.9 Å². The molecule has 0 aromatic heterocycles. The Labute approximate surface area is 143 Å². The van der Waals surface area contributed by atoms with Gasteiger partial charge in [0.1, 0.15) is 5.75 Å². The second-order valence-corrected chi connectivity index (χ2v) is 6.23. The van der Waals surface area contributed by atoms with E-state index < -0.39 is 0 Å². The van der Waals surface area contributed by atoms with E-state index in [1.54, 1.807) is 0 Å². The van der Waals surface area contributed by atoms with Gasteiger partial charge in [0.05, 0.1) is 0 Å². The molecular weight excluding hydrogens is 300 g/mol. The van der Waals surface area contributed by atoms with Crippen molar-refractivity contribution in [1.82, 2.24) is 0 Å². The highest BCUT2D eigenvalue weighted by Gasteiger charge is 2.18. The fourth-order valence-electron chi connectivity index (χ4n) is 3.08. The van der Waals surface area contributed by atoms with Crippen LogP contribution in [0.4, 0.5) is 11.4 Å². The Hall–Kier alpha value is -2.49. The first-order valence-electron chi connectivity index (χ1n) is 8.57. The topological polar surface area (TPSA) is 41.6 Å². The van der Waals surface area contributed by atoms with Crippen molar-refractivity contribution in [1.29, 1.82) is 0 Å². The molecule has 4 nitrogen and oxygen atoms in total. The fourth-order valence-corrected chi connectivity index (χ4v) is 3.08. The van der Waals surface area contributed by atoms with Crippen molar-refractivity contribution >= 4 is 17.3 Å². The van der Waals surface area contributed by atoms with Gasteiger partial charge >= 0.3 is 0 Å². The molecule has 1 amide bonds. The van der Waals surface area contributed by atoms with Crippen LogP contribution in [0, 0.1) is 0 Å². The Morgan fingerprint density at radius 2 is 1.88 bits per heavy atom. The summed E-state index contributed by atoms with van der Waals surface area (Å²) in [6, 6.07) is 18.0. The first-order valence-corrected chi connectivity index (χ1v) is 8.57. The normalized spacial score (nSPS) is 17.4. The third-order valence-electron chi connectivity index (χ3n) is 4.40. The van der Waals surface area contributed by atoms with Crippen molar-refractivity contribution in [2.24, 2.45) is 0 Å². The van der Waals surface area contributed by atoms with Gasteiger partial charge in [-0.05, 0) is 62.6 Å². The summed E-state index contributed by atoms with van der Waals surface area (Å²) in [4.78, 5) is 14.4. The summed E-state index contributed by atoms with van der Waals surface area (Å²) in [5.41, 5.74) is 2.02. The molecule has 0 aliphatic carbocycles. The molecule has 3 rings (SSSR count). The van der Waals surface area contributed by atoms with Crippen LogP contribution >= 0.6 is 0 Å². The Bertz CT molecular complexity index is 655. The van der Waals surface area contributed by atoms with Crippen molar-refractivity contribution in [3.8, 4) is 5.75 Å². The van der Waals surface area contributed by atoms with Gasteiger partial charge in [-0.1, -0.05) is 18.2 Å². The summed E-state index contributed by atoms with van der Waals surface area (Å²) in [7, 11) is 0. The van der Waals surface area contributed by atoms with Crippen LogP contribution in [0.3, 0.4) is 0 Å². The summed E-state index contributed by atoms with van der Waals surface area (Å²) >= 11 is 0. The fraction of sp³-hybridized carbons (Fsp3) is 0.350. The SMILES string of the molecule is C[C@H]1CCCCN1c1ccc(NC(=O)COc2ccccc2)cc1. The lowest BCUT2D eigenvalue weighted by Crippen LogP contribution is -2.37. The number of piperidine rings is 1. The standard InChI is InChI=1S/C20H24N2O2/c1-16-7-5-6-14-22(16)18-12-10-17(11-13-18)21-20(23)15-24-19-8-3-2-4-9-19/h2-4,8-13,16H,5-7,14-15H2,1H3,(H,21,23)/t16-/m0/s1. The molecule has 0 saturated carbocycles. The smallest absolute Gasteiger partial charge is 0.262 e. The first kappa shape index (κ1) is 16.4. The van der Waals surface area contributed by atoms with E-state index in [0.717, 1.165) is 12.2 Å². The minimum Gasteiger partial charge on any atom is -0.484 e. The number of carbonyl (C=O) groups excluding carboxylic acids is 1. The predicted octanol–water partition coefficient (Wildman–Crippen LogP) is 4.08. The molecule has 0 unspecified atom stereocenters. The summed E-state index contributed by atoms with van der Waals surface area (Å²) < 4.78 is 5.45. The number of anilines is 2. The number of nitrogens with one attached hydrogen (secondary N) is 1. The number of hydrogen-bond acceptors (Lipinski definition) is 3. The van der Waals surface area contributed by atoms with Crippen LogP contribution in [0.15, 0.2) is 54.6 Å². The van der Waals surface area contributed by atoms with Crippen molar-refractivity contribution in [2.45, 2.75) is 32.2 Å². The number of rotatable bonds is 5. The second-order valence-electron chi connectivity index (χ2n) is 6.23. The second kappa shape index (κ2) is 7.86. The van der Waals surface area contributed by atoms with Gasteiger partial charge < -0.3 is 15.0 Å². The van der Waals surface area contributed by atoms with Gasteiger partial charge in [-0.15, -0.1) is 0 Å². The zero-order valence-electron chi connectivity index (χ0n) is 14.1. The molecule has 126 valence electrons. The molecule has 1 aliphatic rings. The molecule has 1 fully saturated rings. The van der Waals surface area contributed by atoms with Crippen LogP contribution in [0.25, 0.3) is 0 Å². The van der Waals surface area contributed by atoms with Crippen molar-refractivity contribution in [2.75, 3.05) is 23.4 Å². The Balaban J connectivity index is 1.53. The maximum Gasteiger partial charge on any atom is 0.262 e. The van der Waals surface area contributed by atoms with Gasteiger partial charge in [-0.3, -0.25) is 4.79 Å². The van der Waals surface area contributed by atoms with Crippen LogP contribution in [-0.2, 0) is 4.79 Å². The summed E-state index contributed by atoms with van der Waals surface area (Å²) in [5, 5.41) is 2.87. The van der Waals surface area contributed by atoms with Crippen LogP contribution in [0.2, 0.25) is 0 Å². The van der Waals surface area contributed by atoms with Crippen LogP contribution in [-0.4, -0.2) is 25.1 Å². The van der Waals surface area contributed by atoms with Crippen molar-refractivity contribution in [3.05, 3.63) is 54.6 Å². The Kier molecular flexibility index (Phi) is 5.36. The van der Waals surface area contributed by atoms with E-state index in [-0.39, 0.29) is 12.5 Å². The molecule has 1 saturated heterocycles. The largest absolute Gasteiger partial charge is 0.484 e. The molecule has 0 spiro atoms. The maximum absolute atomic E-state index is 12.0. The molecule has 2 aromatic carbocycles. The third kappa shape index (κ3) is 4.28. The number of benzene rings is 2. The Morgan fingerprint density at radius 1 is 1.12 bits per heavy atom. The number of hydrogen-bond donors (Lipinski definition) is 1. The Morgan fingerprint density at radius 3 is 2.58 bits per heavy atom. The van der Waals surface area contributed by atoms with Gasteiger partial charge in [-0.2, -0.15) is 0 Å². The molecule has 4 heteroatoms. The molecule has 1 heterocycles.